The molecule has 0 radical (unpaired) electrons. The maximum Gasteiger partial charge on any atom is 0.128 e. The van der Waals surface area contributed by atoms with Crippen LogP contribution >= 0.6 is 0 Å². The molecule has 3 nitrogen and oxygen atoms in total. The largest absolute Gasteiger partial charge is 0.457 e. The molecule has 3 heteroatoms. The van der Waals surface area contributed by atoms with Crippen molar-refractivity contribution >= 4 is 11.6 Å². The van der Waals surface area contributed by atoms with Crippen LogP contribution < -0.4 is 4.74 Å². The minimum atomic E-state index is 0.516. The van der Waals surface area contributed by atoms with Crippen molar-refractivity contribution in [3.8, 4) is 17.6 Å². The smallest absolute Gasteiger partial charge is 0.128 e. The highest BCUT2D eigenvalue weighted by Gasteiger charge is 2.03. The van der Waals surface area contributed by atoms with Crippen LogP contribution in [0.3, 0.4) is 0 Å². The zero-order valence-electron chi connectivity index (χ0n) is 12.4. The second-order valence-electron chi connectivity index (χ2n) is 4.87. The number of hydrogen-bond acceptors (Lipinski definition) is 3. The lowest BCUT2D eigenvalue weighted by molar-refractivity contribution is 0.482. The maximum atomic E-state index is 9.36. The van der Waals surface area contributed by atoms with Crippen molar-refractivity contribution in [3.63, 3.8) is 0 Å². The third kappa shape index (κ3) is 3.84. The van der Waals surface area contributed by atoms with E-state index in [1.807, 2.05) is 72.8 Å². The lowest BCUT2D eigenvalue weighted by Crippen LogP contribution is -1.87. The Morgan fingerprint density at radius 3 is 2.43 bits per heavy atom. The first kappa shape index (κ1) is 14.6. The fraction of sp³-hybridized carbons (Fsp3) is 0. The number of hydrogen-bond donors (Lipinski definition) is 0. The fourth-order valence-corrected chi connectivity index (χ4v) is 2.14. The molecule has 0 aliphatic rings. The van der Waals surface area contributed by atoms with Gasteiger partial charge in [-0.05, 0) is 48.0 Å². The molecule has 2 aromatic carbocycles. The van der Waals surface area contributed by atoms with Crippen LogP contribution in [0.5, 0.6) is 11.5 Å². The van der Waals surface area contributed by atoms with Gasteiger partial charge in [-0.15, -0.1) is 0 Å². The van der Waals surface area contributed by atoms with Gasteiger partial charge >= 0.3 is 0 Å². The zero-order chi connectivity index (χ0) is 15.9. The lowest BCUT2D eigenvalue weighted by atomic mass is 10.1. The first-order chi connectivity index (χ1) is 11.3. The molecule has 0 saturated carbocycles. The topological polar surface area (TPSA) is 45.9 Å². The van der Waals surface area contributed by atoms with E-state index in [2.05, 4.69) is 11.1 Å². The number of nitriles is 1. The first-order valence-corrected chi connectivity index (χ1v) is 7.21. The predicted molar refractivity (Wildman–Crippen MR) is 90.7 cm³/mol. The highest BCUT2D eigenvalue weighted by molar-refractivity contribution is 5.88. The summed E-state index contributed by atoms with van der Waals surface area (Å²) in [5.74, 6) is 1.50. The van der Waals surface area contributed by atoms with Crippen molar-refractivity contribution in [3.05, 3.63) is 90.3 Å². The summed E-state index contributed by atoms with van der Waals surface area (Å²) in [4.78, 5) is 4.21. The predicted octanol–water partition coefficient (Wildman–Crippen LogP) is 4.94. The van der Waals surface area contributed by atoms with Gasteiger partial charge in [0.25, 0.3) is 0 Å². The second-order valence-corrected chi connectivity index (χ2v) is 4.87. The molecule has 110 valence electrons. The Morgan fingerprint density at radius 1 is 0.913 bits per heavy atom. The Kier molecular flexibility index (Phi) is 4.47. The average Bonchev–Trinajstić information content (AvgIpc) is 2.62. The van der Waals surface area contributed by atoms with Gasteiger partial charge in [0.2, 0.25) is 0 Å². The molecule has 3 aromatic rings. The zero-order valence-corrected chi connectivity index (χ0v) is 12.4. The minimum absolute atomic E-state index is 0.516. The Balaban J connectivity index is 1.88. The van der Waals surface area contributed by atoms with E-state index in [1.165, 1.54) is 0 Å². The molecular formula is C20H14N2O. The van der Waals surface area contributed by atoms with Crippen LogP contribution in [-0.4, -0.2) is 4.98 Å². The minimum Gasteiger partial charge on any atom is -0.457 e. The van der Waals surface area contributed by atoms with Gasteiger partial charge in [-0.3, -0.25) is 4.98 Å². The highest BCUT2D eigenvalue weighted by atomic mass is 16.5. The quantitative estimate of drug-likeness (QED) is 0.641. The summed E-state index contributed by atoms with van der Waals surface area (Å²) in [6.45, 7) is 0. The molecule has 3 rings (SSSR count). The Hall–Kier alpha value is -3.38. The van der Waals surface area contributed by atoms with Gasteiger partial charge in [0.05, 0.1) is 11.3 Å². The third-order valence-electron chi connectivity index (χ3n) is 3.21. The van der Waals surface area contributed by atoms with Crippen LogP contribution in [0, 0.1) is 11.3 Å². The van der Waals surface area contributed by atoms with Crippen molar-refractivity contribution in [2.24, 2.45) is 0 Å². The van der Waals surface area contributed by atoms with Gasteiger partial charge in [0.1, 0.15) is 17.6 Å². The molecule has 0 bridgehead atoms. The van der Waals surface area contributed by atoms with Gasteiger partial charge in [-0.25, -0.2) is 0 Å². The van der Waals surface area contributed by atoms with Gasteiger partial charge in [0, 0.05) is 6.20 Å². The average molecular weight is 298 g/mol. The monoisotopic (exact) mass is 298 g/mol. The Bertz CT molecular complexity index is 850. The molecule has 1 heterocycles. The molecule has 0 aliphatic carbocycles. The van der Waals surface area contributed by atoms with Gasteiger partial charge in [0.15, 0.2) is 0 Å². The molecule has 0 fully saturated rings. The fourth-order valence-electron chi connectivity index (χ4n) is 2.14. The van der Waals surface area contributed by atoms with Crippen LogP contribution in [0.25, 0.3) is 11.6 Å². The standard InChI is InChI=1S/C20H14N2O/c21-15-17(20-11-4-5-12-22-20)13-16-7-6-10-19(14-16)23-18-8-2-1-3-9-18/h1-14H/b17-13+. The highest BCUT2D eigenvalue weighted by Crippen LogP contribution is 2.24. The van der Waals surface area contributed by atoms with Crippen LogP contribution in [0.2, 0.25) is 0 Å². The summed E-state index contributed by atoms with van der Waals surface area (Å²) >= 11 is 0. The van der Waals surface area contributed by atoms with Crippen LogP contribution in [0.1, 0.15) is 11.3 Å². The molecule has 0 N–H and O–H groups in total. The lowest BCUT2D eigenvalue weighted by Gasteiger charge is -2.06. The molecule has 0 saturated heterocycles. The van der Waals surface area contributed by atoms with E-state index in [0.717, 1.165) is 17.1 Å². The van der Waals surface area contributed by atoms with E-state index in [1.54, 1.807) is 12.3 Å². The van der Waals surface area contributed by atoms with E-state index in [4.69, 9.17) is 4.74 Å². The van der Waals surface area contributed by atoms with E-state index in [0.29, 0.717) is 11.3 Å². The number of pyridine rings is 1. The summed E-state index contributed by atoms with van der Waals surface area (Å²) in [5, 5.41) is 9.36. The second kappa shape index (κ2) is 7.06. The van der Waals surface area contributed by atoms with Crippen molar-refractivity contribution in [2.75, 3.05) is 0 Å². The summed E-state index contributed by atoms with van der Waals surface area (Å²) < 4.78 is 5.81. The van der Waals surface area contributed by atoms with Crippen molar-refractivity contribution in [2.45, 2.75) is 0 Å². The SMILES string of the molecule is N#C/C(=C\c1cccc(Oc2ccccc2)c1)c1ccccn1. The van der Waals surface area contributed by atoms with Crippen LogP contribution in [0.4, 0.5) is 0 Å². The summed E-state index contributed by atoms with van der Waals surface area (Å²) in [6.07, 6.45) is 3.48. The van der Waals surface area contributed by atoms with Crippen LogP contribution in [-0.2, 0) is 0 Å². The number of aromatic nitrogens is 1. The molecule has 0 spiro atoms. The number of benzene rings is 2. The van der Waals surface area contributed by atoms with Gasteiger partial charge in [-0.1, -0.05) is 36.4 Å². The number of allylic oxidation sites excluding steroid dienone is 1. The summed E-state index contributed by atoms with van der Waals surface area (Å²) in [6, 6.07) is 24.9. The van der Waals surface area contributed by atoms with Crippen molar-refractivity contribution in [1.29, 1.82) is 5.26 Å². The normalized spacial score (nSPS) is 10.8. The number of ether oxygens (including phenoxy) is 1. The van der Waals surface area contributed by atoms with Crippen LogP contribution in [0.15, 0.2) is 79.0 Å². The third-order valence-corrected chi connectivity index (χ3v) is 3.21. The molecule has 0 atom stereocenters. The van der Waals surface area contributed by atoms with Crippen molar-refractivity contribution in [1.82, 2.24) is 4.98 Å². The molecule has 0 amide bonds. The molecule has 0 aliphatic heterocycles. The first-order valence-electron chi connectivity index (χ1n) is 7.21. The molecule has 0 unspecified atom stereocenters. The Labute approximate surface area is 135 Å². The molecule has 23 heavy (non-hydrogen) atoms. The van der Waals surface area contributed by atoms with E-state index in [-0.39, 0.29) is 0 Å². The number of nitrogens with zero attached hydrogens (tertiary/aromatic N) is 2. The Morgan fingerprint density at radius 2 is 1.70 bits per heavy atom. The summed E-state index contributed by atoms with van der Waals surface area (Å²) in [5.41, 5.74) is 2.06. The number of para-hydroxylation sites is 1. The van der Waals surface area contributed by atoms with Gasteiger partial charge < -0.3 is 4.74 Å². The van der Waals surface area contributed by atoms with E-state index >= 15 is 0 Å². The number of rotatable bonds is 4. The van der Waals surface area contributed by atoms with E-state index in [9.17, 15) is 5.26 Å². The van der Waals surface area contributed by atoms with Crippen molar-refractivity contribution < 1.29 is 4.74 Å². The molecular weight excluding hydrogens is 284 g/mol. The maximum absolute atomic E-state index is 9.36. The summed E-state index contributed by atoms with van der Waals surface area (Å²) in [7, 11) is 0. The van der Waals surface area contributed by atoms with Gasteiger partial charge in [-0.2, -0.15) is 5.26 Å². The van der Waals surface area contributed by atoms with E-state index < -0.39 is 0 Å². The molecule has 1 aromatic heterocycles.